The molecular formula is C12H20O. The Morgan fingerprint density at radius 3 is 2.92 bits per heavy atom. The van der Waals surface area contributed by atoms with Crippen LogP contribution in [0, 0.1) is 11.8 Å². The lowest BCUT2D eigenvalue weighted by Crippen LogP contribution is -2.16. The zero-order valence-electron chi connectivity index (χ0n) is 8.75. The van der Waals surface area contributed by atoms with Crippen LogP contribution in [-0.4, -0.2) is 12.7 Å². The minimum Gasteiger partial charge on any atom is -0.377 e. The molecule has 3 unspecified atom stereocenters. The van der Waals surface area contributed by atoms with Gasteiger partial charge in [0.05, 0.1) is 5.60 Å². The van der Waals surface area contributed by atoms with Crippen molar-refractivity contribution in [2.75, 3.05) is 7.11 Å². The highest BCUT2D eigenvalue weighted by molar-refractivity contribution is 5.23. The summed E-state index contributed by atoms with van der Waals surface area (Å²) in [5.41, 5.74) is 0.253. The summed E-state index contributed by atoms with van der Waals surface area (Å²) in [7, 11) is 1.89. The van der Waals surface area contributed by atoms with Crippen LogP contribution in [0.25, 0.3) is 0 Å². The fourth-order valence-electron chi connectivity index (χ4n) is 2.96. The molecule has 0 spiro atoms. The van der Waals surface area contributed by atoms with Gasteiger partial charge in [0.2, 0.25) is 0 Å². The number of hydrogen-bond acceptors (Lipinski definition) is 1. The minimum atomic E-state index is 0.253. The van der Waals surface area contributed by atoms with E-state index in [1.807, 2.05) is 7.11 Å². The highest BCUT2D eigenvalue weighted by Crippen LogP contribution is 2.60. The van der Waals surface area contributed by atoms with E-state index in [4.69, 9.17) is 4.74 Å². The summed E-state index contributed by atoms with van der Waals surface area (Å²) in [5, 5.41) is 0. The van der Waals surface area contributed by atoms with Crippen LogP contribution in [0.3, 0.4) is 0 Å². The van der Waals surface area contributed by atoms with Crippen LogP contribution in [0.1, 0.15) is 39.0 Å². The normalized spacial score (nSPS) is 41.7. The second-order valence-electron chi connectivity index (χ2n) is 4.40. The van der Waals surface area contributed by atoms with E-state index in [0.717, 1.165) is 11.8 Å². The van der Waals surface area contributed by atoms with Crippen LogP contribution in [0.4, 0.5) is 0 Å². The molecule has 74 valence electrons. The third-order valence-corrected chi connectivity index (χ3v) is 3.81. The Morgan fingerprint density at radius 1 is 1.54 bits per heavy atom. The van der Waals surface area contributed by atoms with Gasteiger partial charge >= 0.3 is 0 Å². The fourth-order valence-corrected chi connectivity index (χ4v) is 2.96. The molecule has 0 heterocycles. The second kappa shape index (κ2) is 3.45. The maximum Gasteiger partial charge on any atom is 0.0779 e. The Morgan fingerprint density at radius 2 is 2.38 bits per heavy atom. The molecule has 2 aliphatic rings. The average molecular weight is 180 g/mol. The highest BCUT2D eigenvalue weighted by atomic mass is 16.5. The molecule has 3 atom stereocenters. The van der Waals surface area contributed by atoms with Crippen molar-refractivity contribution in [3.63, 3.8) is 0 Å². The van der Waals surface area contributed by atoms with Crippen molar-refractivity contribution in [2.45, 2.75) is 44.6 Å². The SMILES string of the molecule is CCCCC1(OC)C2C=CCCC21. The van der Waals surface area contributed by atoms with Crippen molar-refractivity contribution < 1.29 is 4.74 Å². The Balaban J connectivity index is 1.99. The largest absolute Gasteiger partial charge is 0.377 e. The summed E-state index contributed by atoms with van der Waals surface area (Å²) in [6.07, 6.45) is 11.2. The average Bonchev–Trinajstić information content (AvgIpc) is 2.84. The standard InChI is InChI=1S/C12H20O/c1-3-4-9-12(13-2)10-7-5-6-8-11(10)12/h5,7,10-11H,3-4,6,8-9H2,1-2H3. The van der Waals surface area contributed by atoms with Gasteiger partial charge in [-0.05, 0) is 25.2 Å². The van der Waals surface area contributed by atoms with Crippen LogP contribution in [0.15, 0.2) is 12.2 Å². The number of methoxy groups -OCH3 is 1. The lowest BCUT2D eigenvalue weighted by molar-refractivity contribution is 0.0491. The van der Waals surface area contributed by atoms with Crippen LogP contribution in [0.2, 0.25) is 0 Å². The third kappa shape index (κ3) is 1.34. The van der Waals surface area contributed by atoms with E-state index < -0.39 is 0 Å². The van der Waals surface area contributed by atoms with Gasteiger partial charge in [-0.15, -0.1) is 0 Å². The maximum absolute atomic E-state index is 5.75. The molecule has 0 bridgehead atoms. The molecule has 1 heteroatoms. The summed E-state index contributed by atoms with van der Waals surface area (Å²) in [5.74, 6) is 1.59. The summed E-state index contributed by atoms with van der Waals surface area (Å²) >= 11 is 0. The van der Waals surface area contributed by atoms with Gasteiger partial charge in [0.15, 0.2) is 0 Å². The van der Waals surface area contributed by atoms with E-state index >= 15 is 0 Å². The molecule has 0 aromatic carbocycles. The van der Waals surface area contributed by atoms with E-state index in [-0.39, 0.29) is 5.60 Å². The first-order valence-electron chi connectivity index (χ1n) is 5.57. The van der Waals surface area contributed by atoms with Crippen molar-refractivity contribution in [1.29, 1.82) is 0 Å². The Hall–Kier alpha value is -0.300. The number of ether oxygens (including phenoxy) is 1. The summed E-state index contributed by atoms with van der Waals surface area (Å²) in [6, 6.07) is 0. The number of hydrogen-bond donors (Lipinski definition) is 0. The molecule has 1 fully saturated rings. The van der Waals surface area contributed by atoms with Crippen molar-refractivity contribution >= 4 is 0 Å². The van der Waals surface area contributed by atoms with Crippen LogP contribution < -0.4 is 0 Å². The van der Waals surface area contributed by atoms with Gasteiger partial charge in [-0.1, -0.05) is 31.9 Å². The van der Waals surface area contributed by atoms with Gasteiger partial charge in [-0.2, -0.15) is 0 Å². The van der Waals surface area contributed by atoms with Crippen molar-refractivity contribution in [3.8, 4) is 0 Å². The van der Waals surface area contributed by atoms with E-state index in [1.54, 1.807) is 0 Å². The number of fused-ring (bicyclic) bond motifs is 1. The molecule has 0 aliphatic heterocycles. The molecule has 1 saturated carbocycles. The van der Waals surface area contributed by atoms with Crippen molar-refractivity contribution in [1.82, 2.24) is 0 Å². The van der Waals surface area contributed by atoms with Gasteiger partial charge < -0.3 is 4.74 Å². The van der Waals surface area contributed by atoms with Gasteiger partial charge in [0.1, 0.15) is 0 Å². The summed E-state index contributed by atoms with van der Waals surface area (Å²) < 4.78 is 5.75. The van der Waals surface area contributed by atoms with E-state index in [0.29, 0.717) is 0 Å². The topological polar surface area (TPSA) is 9.23 Å². The predicted octanol–water partition coefficient (Wildman–Crippen LogP) is 3.16. The lowest BCUT2D eigenvalue weighted by atomic mass is 10.1. The smallest absolute Gasteiger partial charge is 0.0779 e. The monoisotopic (exact) mass is 180 g/mol. The fraction of sp³-hybridized carbons (Fsp3) is 0.833. The molecule has 0 radical (unpaired) electrons. The van der Waals surface area contributed by atoms with E-state index in [9.17, 15) is 0 Å². The highest BCUT2D eigenvalue weighted by Gasteiger charge is 2.63. The molecule has 0 N–H and O–H groups in total. The first kappa shape index (κ1) is 9.26. The second-order valence-corrected chi connectivity index (χ2v) is 4.40. The Labute approximate surface area is 81.2 Å². The first-order valence-corrected chi connectivity index (χ1v) is 5.57. The minimum absolute atomic E-state index is 0.253. The van der Waals surface area contributed by atoms with E-state index in [2.05, 4.69) is 19.1 Å². The zero-order chi connectivity index (χ0) is 9.31. The van der Waals surface area contributed by atoms with Crippen LogP contribution in [-0.2, 0) is 4.74 Å². The van der Waals surface area contributed by atoms with Crippen LogP contribution in [0.5, 0.6) is 0 Å². The Kier molecular flexibility index (Phi) is 2.46. The van der Waals surface area contributed by atoms with Crippen molar-refractivity contribution in [3.05, 3.63) is 12.2 Å². The quantitative estimate of drug-likeness (QED) is 0.604. The number of allylic oxidation sites excluding steroid dienone is 1. The van der Waals surface area contributed by atoms with Gasteiger partial charge in [-0.25, -0.2) is 0 Å². The number of unbranched alkanes of at least 4 members (excludes halogenated alkanes) is 1. The molecule has 2 aliphatic carbocycles. The molecule has 0 aromatic rings. The summed E-state index contributed by atoms with van der Waals surface area (Å²) in [6.45, 7) is 2.26. The Bertz CT molecular complexity index is 209. The lowest BCUT2D eigenvalue weighted by Gasteiger charge is -2.15. The van der Waals surface area contributed by atoms with Gasteiger partial charge in [0.25, 0.3) is 0 Å². The summed E-state index contributed by atoms with van der Waals surface area (Å²) in [4.78, 5) is 0. The predicted molar refractivity (Wildman–Crippen MR) is 54.6 cm³/mol. The number of rotatable bonds is 4. The molecule has 13 heavy (non-hydrogen) atoms. The maximum atomic E-state index is 5.75. The first-order chi connectivity index (χ1) is 6.35. The van der Waals surface area contributed by atoms with E-state index in [1.165, 1.54) is 32.1 Å². The molecule has 0 aromatic heterocycles. The third-order valence-electron chi connectivity index (χ3n) is 3.81. The molecule has 2 rings (SSSR count). The van der Waals surface area contributed by atoms with Gasteiger partial charge in [-0.3, -0.25) is 0 Å². The molecule has 1 nitrogen and oxygen atoms in total. The molecular weight excluding hydrogens is 160 g/mol. The van der Waals surface area contributed by atoms with Gasteiger partial charge in [0, 0.05) is 13.0 Å². The zero-order valence-corrected chi connectivity index (χ0v) is 8.75. The van der Waals surface area contributed by atoms with Crippen LogP contribution >= 0.6 is 0 Å². The molecule has 0 saturated heterocycles. The molecule has 0 amide bonds. The van der Waals surface area contributed by atoms with Crippen molar-refractivity contribution in [2.24, 2.45) is 11.8 Å².